The summed E-state index contributed by atoms with van der Waals surface area (Å²) in [6.45, 7) is 19.8. The Morgan fingerprint density at radius 2 is 1.55 bits per heavy atom. The van der Waals surface area contributed by atoms with Crippen molar-refractivity contribution in [2.75, 3.05) is 38.7 Å². The molecule has 2 aromatic rings. The smallest absolute Gasteiger partial charge is 0.312 e. The van der Waals surface area contributed by atoms with Gasteiger partial charge in [-0.2, -0.15) is 0 Å². The van der Waals surface area contributed by atoms with E-state index in [1.54, 1.807) is 51.8 Å². The molecule has 0 spiro atoms. The summed E-state index contributed by atoms with van der Waals surface area (Å²) in [5, 5.41) is 52.6. The number of amides is 2. The number of Topliss-reactive ketones (excluding diaryl/α,β-unsaturated/α-hetero) is 1. The van der Waals surface area contributed by atoms with E-state index in [-0.39, 0.29) is 50.6 Å². The van der Waals surface area contributed by atoms with Gasteiger partial charge in [-0.05, 0) is 39.7 Å². The number of rotatable bonds is 13. The minimum atomic E-state index is -2.04. The first-order valence-corrected chi connectivity index (χ1v) is 22.7. The fourth-order valence-corrected chi connectivity index (χ4v) is 8.53. The molecule has 0 saturated carbocycles. The molecule has 9 unspecified atom stereocenters. The molecule has 2 aromatic carbocycles. The number of ether oxygens (including phenoxy) is 5. The molecule has 3 aliphatic rings. The maximum atomic E-state index is 14.7. The number of aliphatic hydroxyl groups is 2. The second kappa shape index (κ2) is 22.8. The van der Waals surface area contributed by atoms with Gasteiger partial charge < -0.3 is 49.4 Å². The van der Waals surface area contributed by atoms with Gasteiger partial charge in [0.1, 0.15) is 23.4 Å². The molecule has 3 heterocycles. The highest BCUT2D eigenvalue weighted by Crippen LogP contribution is 2.54. The van der Waals surface area contributed by atoms with Crippen LogP contribution >= 0.6 is 0 Å². The molecule has 65 heavy (non-hydrogen) atoms. The standard InChI is InChI=1S/C49H71N3O13/c1-13-16-22-51(23-17-14-2)52(15-3)37(54)26-62-36-25-34-44(58)39-38(36)40-46(32(9)43(39)57)65-49(11,47(40)59)63-24-21-35(61-12)29(6)45(64-33(10)53)31(8)42(56)30(7)41(55)27(4)19-18-20-28(5)48(60)50-34/h18-21,24-25,27,29-31,35,41-42,45,55-58H,13-17,22-23,26H2,1-12H3,(H,50,60)/b19-18+,24-21+,28-20+. The monoisotopic (exact) mass is 909 g/mol. The van der Waals surface area contributed by atoms with Gasteiger partial charge in [-0.15, -0.1) is 0 Å². The number of hydrogen-bond donors (Lipinski definition) is 5. The van der Waals surface area contributed by atoms with Gasteiger partial charge in [0.25, 0.3) is 17.6 Å². The number of fused-ring (bicyclic) bond motifs is 14. The van der Waals surface area contributed by atoms with E-state index in [0.29, 0.717) is 19.6 Å². The fraction of sp³-hybridized carbons (Fsp3) is 0.592. The van der Waals surface area contributed by atoms with E-state index in [4.69, 9.17) is 23.7 Å². The van der Waals surface area contributed by atoms with E-state index in [0.717, 1.165) is 25.7 Å². The van der Waals surface area contributed by atoms with Crippen molar-refractivity contribution in [2.24, 2.45) is 23.7 Å². The van der Waals surface area contributed by atoms with Crippen molar-refractivity contribution < 1.29 is 63.3 Å². The van der Waals surface area contributed by atoms with Crippen molar-refractivity contribution in [3.63, 3.8) is 0 Å². The van der Waals surface area contributed by atoms with Crippen LogP contribution in [0.4, 0.5) is 5.69 Å². The summed E-state index contributed by atoms with van der Waals surface area (Å²) in [5.41, 5.74) is -0.00224. The molecule has 5 rings (SSSR count). The average Bonchev–Trinajstić information content (AvgIpc) is 3.54. The molecular formula is C49H71N3O13. The number of phenols is 2. The number of hydrazine groups is 1. The average molecular weight is 910 g/mol. The maximum Gasteiger partial charge on any atom is 0.312 e. The van der Waals surface area contributed by atoms with Gasteiger partial charge in [-0.25, -0.2) is 5.01 Å². The van der Waals surface area contributed by atoms with Crippen LogP contribution in [0.3, 0.4) is 0 Å². The third-order valence-corrected chi connectivity index (χ3v) is 12.6. The summed E-state index contributed by atoms with van der Waals surface area (Å²) >= 11 is 0. The first kappa shape index (κ1) is 52.5. The lowest BCUT2D eigenvalue weighted by Crippen LogP contribution is -2.49. The maximum absolute atomic E-state index is 14.7. The Hall–Kier alpha value is -5.16. The number of esters is 1. The molecule has 5 bridgehead atoms. The summed E-state index contributed by atoms with van der Waals surface area (Å²) in [5.74, 6) is -8.05. The zero-order valence-electron chi connectivity index (χ0n) is 40.1. The molecule has 2 amide bonds. The number of nitrogens with one attached hydrogen (secondary N) is 1. The van der Waals surface area contributed by atoms with Crippen molar-refractivity contribution in [3.05, 3.63) is 53.3 Å². The molecule has 5 N–H and O–H groups in total. The SMILES string of the molecule is CCCCN(CCCC)N(CC)C(=O)COc1cc2c(O)c3c(O)c(C)c4c(c13)C(=O)C(C)(O/C=C/C(OC)C(C)C(OC(C)=O)C(C)C(O)C(C)C(O)C(C)/C=C/C=C(\C)C(=O)N2)O4. The number of anilines is 1. The predicted octanol–water partition coefficient (Wildman–Crippen LogP) is 7.09. The molecule has 3 aliphatic heterocycles. The number of carbonyl (C=O) groups excluding carboxylic acids is 4. The van der Waals surface area contributed by atoms with Crippen LogP contribution < -0.4 is 14.8 Å². The van der Waals surface area contributed by atoms with Gasteiger partial charge in [0.2, 0.25) is 0 Å². The van der Waals surface area contributed by atoms with Gasteiger partial charge in [-0.1, -0.05) is 72.6 Å². The number of likely N-dealkylation sites (N-methyl/N-ethyl adjacent to an activating group) is 1. The summed E-state index contributed by atoms with van der Waals surface area (Å²) in [7, 11) is 1.44. The molecule has 0 radical (unpaired) electrons. The minimum absolute atomic E-state index is 0.0558. The van der Waals surface area contributed by atoms with Crippen LogP contribution in [0.15, 0.2) is 42.2 Å². The van der Waals surface area contributed by atoms with Gasteiger partial charge in [0, 0.05) is 86.9 Å². The highest BCUT2D eigenvalue weighted by atomic mass is 16.7. The first-order chi connectivity index (χ1) is 30.7. The van der Waals surface area contributed by atoms with Crippen LogP contribution in [0, 0.1) is 30.6 Å². The molecular weight excluding hydrogens is 839 g/mol. The van der Waals surface area contributed by atoms with Gasteiger partial charge in [0.15, 0.2) is 12.4 Å². The minimum Gasteiger partial charge on any atom is -0.507 e. The number of hydrogen-bond acceptors (Lipinski definition) is 14. The quantitative estimate of drug-likeness (QED) is 0.0771. The Balaban J connectivity index is 1.92. The van der Waals surface area contributed by atoms with E-state index < -0.39 is 89.6 Å². The van der Waals surface area contributed by atoms with Gasteiger partial charge in [0.05, 0.1) is 41.2 Å². The van der Waals surface area contributed by atoms with Crippen LogP contribution in [0.25, 0.3) is 10.8 Å². The largest absolute Gasteiger partial charge is 0.507 e. The van der Waals surface area contributed by atoms with Crippen LogP contribution in [-0.2, 0) is 28.6 Å². The number of ketones is 1. The Labute approximate surface area is 383 Å². The Kier molecular flexibility index (Phi) is 18.4. The number of aromatic hydroxyl groups is 2. The van der Waals surface area contributed by atoms with Crippen LogP contribution in [0.2, 0.25) is 0 Å². The summed E-state index contributed by atoms with van der Waals surface area (Å²) < 4.78 is 30.1. The molecule has 0 aliphatic carbocycles. The Bertz CT molecular complexity index is 2130. The molecule has 16 heteroatoms. The van der Waals surface area contributed by atoms with Crippen molar-refractivity contribution >= 4 is 40.0 Å². The molecule has 0 saturated heterocycles. The van der Waals surface area contributed by atoms with E-state index in [9.17, 15) is 39.6 Å². The molecule has 16 nitrogen and oxygen atoms in total. The highest BCUT2D eigenvalue weighted by molar-refractivity contribution is 6.21. The number of aliphatic hydroxyl groups excluding tert-OH is 2. The highest BCUT2D eigenvalue weighted by Gasteiger charge is 2.50. The third-order valence-electron chi connectivity index (χ3n) is 12.6. The molecule has 0 fully saturated rings. The summed E-state index contributed by atoms with van der Waals surface area (Å²) in [6, 6.07) is 1.29. The van der Waals surface area contributed by atoms with Crippen molar-refractivity contribution in [1.82, 2.24) is 10.0 Å². The number of nitrogens with zero attached hydrogens (tertiary/aromatic N) is 2. The van der Waals surface area contributed by atoms with E-state index >= 15 is 0 Å². The van der Waals surface area contributed by atoms with Crippen LogP contribution in [0.5, 0.6) is 23.0 Å². The topological polar surface area (TPSA) is 214 Å². The van der Waals surface area contributed by atoms with Crippen molar-refractivity contribution in [3.8, 4) is 23.0 Å². The van der Waals surface area contributed by atoms with Gasteiger partial charge >= 0.3 is 11.8 Å². The van der Waals surface area contributed by atoms with Crippen molar-refractivity contribution in [1.29, 1.82) is 0 Å². The predicted molar refractivity (Wildman–Crippen MR) is 246 cm³/mol. The number of methoxy groups -OCH3 is 1. The number of benzene rings is 2. The summed E-state index contributed by atoms with van der Waals surface area (Å²) in [6.07, 6.45) is 7.23. The lowest BCUT2D eigenvalue weighted by molar-refractivity contribution is -0.160. The Morgan fingerprint density at radius 1 is 0.908 bits per heavy atom. The first-order valence-electron chi connectivity index (χ1n) is 22.7. The number of phenolic OH excluding ortho intramolecular Hbond substituents is 2. The second-order valence-electron chi connectivity index (χ2n) is 17.5. The Morgan fingerprint density at radius 3 is 2.14 bits per heavy atom. The summed E-state index contributed by atoms with van der Waals surface area (Å²) in [4.78, 5) is 54.8. The van der Waals surface area contributed by atoms with Crippen LogP contribution in [0.1, 0.15) is 111 Å². The van der Waals surface area contributed by atoms with E-state index in [2.05, 4.69) is 19.2 Å². The second-order valence-corrected chi connectivity index (χ2v) is 17.5. The zero-order valence-corrected chi connectivity index (χ0v) is 40.1. The number of unbranched alkanes of at least 4 members (excludes halogenated alkanes) is 2. The number of allylic oxidation sites excluding steroid dienone is 2. The lowest BCUT2D eigenvalue weighted by Gasteiger charge is -2.38. The lowest BCUT2D eigenvalue weighted by atomic mass is 9.78. The fourth-order valence-electron chi connectivity index (χ4n) is 8.53. The van der Waals surface area contributed by atoms with Gasteiger partial charge in [-0.3, -0.25) is 24.2 Å². The normalized spacial score (nSPS) is 28.3. The van der Waals surface area contributed by atoms with E-state index in [1.165, 1.54) is 52.4 Å². The number of carbonyl (C=O) groups is 4. The van der Waals surface area contributed by atoms with E-state index in [1.807, 2.05) is 11.9 Å². The molecule has 9 atom stereocenters. The third kappa shape index (κ3) is 11.6. The van der Waals surface area contributed by atoms with Crippen LogP contribution in [-0.4, -0.2) is 118 Å². The molecule has 0 aromatic heterocycles. The zero-order chi connectivity index (χ0) is 48.5. The van der Waals surface area contributed by atoms with Crippen molar-refractivity contribution in [2.45, 2.75) is 132 Å². The molecule has 360 valence electrons.